The molecule has 7 nitrogen and oxygen atoms in total. The van der Waals surface area contributed by atoms with Crippen LogP contribution in [0.15, 0.2) is 41.0 Å². The first-order valence-electron chi connectivity index (χ1n) is 7.87. The van der Waals surface area contributed by atoms with E-state index in [1.54, 1.807) is 0 Å². The van der Waals surface area contributed by atoms with Crippen LogP contribution in [0.5, 0.6) is 5.75 Å². The molecule has 150 valence electrons. The van der Waals surface area contributed by atoms with Crippen LogP contribution in [0.3, 0.4) is 0 Å². The highest BCUT2D eigenvalue weighted by molar-refractivity contribution is 7.89. The fourth-order valence-corrected chi connectivity index (χ4v) is 4.28. The summed E-state index contributed by atoms with van der Waals surface area (Å²) in [6, 6.07) is 3.97. The smallest absolute Gasteiger partial charge is 0.501 e. The average Bonchev–Trinajstić information content (AvgIpc) is 2.58. The molecule has 0 saturated carbocycles. The SMILES string of the molecule is CO/C(=C\C(=O)O)C1CCN(S(=O)(=O)c2ccc(OC(F)(F)F)cc2)CC1. The largest absolute Gasteiger partial charge is 0.573 e. The Labute approximate surface area is 154 Å². The quantitative estimate of drug-likeness (QED) is 0.574. The van der Waals surface area contributed by atoms with Gasteiger partial charge in [-0.3, -0.25) is 0 Å². The lowest BCUT2D eigenvalue weighted by atomic mass is 9.95. The summed E-state index contributed by atoms with van der Waals surface area (Å²) in [4.78, 5) is 10.6. The van der Waals surface area contributed by atoms with Gasteiger partial charge in [0.25, 0.3) is 0 Å². The molecule has 1 aliphatic heterocycles. The Morgan fingerprint density at radius 2 is 1.78 bits per heavy atom. The van der Waals surface area contributed by atoms with E-state index in [9.17, 15) is 26.4 Å². The first-order chi connectivity index (χ1) is 12.5. The number of carbonyl (C=O) groups is 1. The van der Waals surface area contributed by atoms with Gasteiger partial charge in [0.15, 0.2) is 0 Å². The highest BCUT2D eigenvalue weighted by atomic mass is 32.2. The molecule has 0 unspecified atom stereocenters. The third-order valence-corrected chi connectivity index (χ3v) is 5.97. The van der Waals surface area contributed by atoms with Gasteiger partial charge in [0.2, 0.25) is 10.0 Å². The molecule has 0 radical (unpaired) electrons. The summed E-state index contributed by atoms with van der Waals surface area (Å²) in [5, 5.41) is 8.83. The third-order valence-electron chi connectivity index (χ3n) is 4.05. The Morgan fingerprint density at radius 3 is 2.22 bits per heavy atom. The zero-order chi connectivity index (χ0) is 20.2. The normalized spacial score (nSPS) is 17.6. The predicted octanol–water partition coefficient (Wildman–Crippen LogP) is 2.60. The number of piperidine rings is 1. The summed E-state index contributed by atoms with van der Waals surface area (Å²) in [6.45, 7) is 0.266. The second kappa shape index (κ2) is 8.17. The van der Waals surface area contributed by atoms with E-state index >= 15 is 0 Å². The molecule has 2 rings (SSSR count). The van der Waals surface area contributed by atoms with Crippen LogP contribution >= 0.6 is 0 Å². The molecule has 1 N–H and O–H groups in total. The van der Waals surface area contributed by atoms with Crippen LogP contribution in [0.1, 0.15) is 12.8 Å². The molecular weight excluding hydrogens is 391 g/mol. The number of hydrogen-bond acceptors (Lipinski definition) is 5. The van der Waals surface area contributed by atoms with Crippen molar-refractivity contribution in [2.75, 3.05) is 20.2 Å². The molecule has 0 atom stereocenters. The molecule has 0 aliphatic carbocycles. The monoisotopic (exact) mass is 409 g/mol. The average molecular weight is 409 g/mol. The number of nitrogens with zero attached hydrogens (tertiary/aromatic N) is 1. The number of aliphatic carboxylic acids is 1. The first-order valence-corrected chi connectivity index (χ1v) is 9.31. The van der Waals surface area contributed by atoms with Crippen LogP contribution in [0, 0.1) is 5.92 Å². The van der Waals surface area contributed by atoms with Gasteiger partial charge in [-0.2, -0.15) is 4.31 Å². The van der Waals surface area contributed by atoms with E-state index in [4.69, 9.17) is 9.84 Å². The molecule has 0 aromatic heterocycles. The second-order valence-corrected chi connectivity index (χ2v) is 7.72. The summed E-state index contributed by atoms with van der Waals surface area (Å²) in [5.74, 6) is -1.61. The molecule has 1 heterocycles. The molecule has 1 aromatic rings. The number of allylic oxidation sites excluding steroid dienone is 1. The van der Waals surface area contributed by atoms with Crippen molar-refractivity contribution in [2.45, 2.75) is 24.1 Å². The second-order valence-electron chi connectivity index (χ2n) is 5.79. The molecule has 11 heteroatoms. The number of ether oxygens (including phenoxy) is 2. The molecule has 0 bridgehead atoms. The number of sulfonamides is 1. The van der Waals surface area contributed by atoms with Gasteiger partial charge in [-0.25, -0.2) is 13.2 Å². The van der Waals surface area contributed by atoms with E-state index in [1.807, 2.05) is 0 Å². The van der Waals surface area contributed by atoms with E-state index in [0.29, 0.717) is 12.8 Å². The van der Waals surface area contributed by atoms with Crippen LogP contribution in [-0.4, -0.2) is 50.4 Å². The van der Waals surface area contributed by atoms with Gasteiger partial charge < -0.3 is 14.6 Å². The predicted molar refractivity (Wildman–Crippen MR) is 87.3 cm³/mol. The van der Waals surface area contributed by atoms with E-state index in [0.717, 1.165) is 30.3 Å². The van der Waals surface area contributed by atoms with Crippen molar-refractivity contribution in [1.82, 2.24) is 4.31 Å². The van der Waals surface area contributed by atoms with Crippen LogP contribution in [0.25, 0.3) is 0 Å². The summed E-state index contributed by atoms with van der Waals surface area (Å²) >= 11 is 0. The lowest BCUT2D eigenvalue weighted by Gasteiger charge is -2.31. The summed E-state index contributed by atoms with van der Waals surface area (Å²) in [5.41, 5.74) is 0. The zero-order valence-corrected chi connectivity index (χ0v) is 15.1. The van der Waals surface area contributed by atoms with E-state index in [-0.39, 0.29) is 29.7 Å². The topological polar surface area (TPSA) is 93.1 Å². The number of methoxy groups -OCH3 is 1. The molecule has 1 fully saturated rings. The molecule has 1 aliphatic rings. The lowest BCUT2D eigenvalue weighted by molar-refractivity contribution is -0.274. The van der Waals surface area contributed by atoms with Crippen molar-refractivity contribution in [3.63, 3.8) is 0 Å². The van der Waals surface area contributed by atoms with Gasteiger partial charge in [-0.15, -0.1) is 13.2 Å². The lowest BCUT2D eigenvalue weighted by Crippen LogP contribution is -2.39. The highest BCUT2D eigenvalue weighted by Crippen LogP contribution is 2.30. The minimum atomic E-state index is -4.86. The van der Waals surface area contributed by atoms with Crippen molar-refractivity contribution in [2.24, 2.45) is 5.92 Å². The first kappa shape index (κ1) is 21.0. The third kappa shape index (κ3) is 5.60. The van der Waals surface area contributed by atoms with E-state index in [1.165, 1.54) is 11.4 Å². The number of carboxylic acids is 1. The van der Waals surface area contributed by atoms with Crippen molar-refractivity contribution in [3.8, 4) is 5.75 Å². The standard InChI is InChI=1S/C16H18F3NO6S/c1-25-14(10-15(21)22)11-6-8-20(9-7-11)27(23,24)13-4-2-12(3-5-13)26-16(17,18)19/h2-5,10-11H,6-9H2,1H3,(H,21,22)/b14-10-. The maximum atomic E-state index is 12.6. The number of benzene rings is 1. The zero-order valence-electron chi connectivity index (χ0n) is 14.3. The van der Waals surface area contributed by atoms with Gasteiger partial charge in [-0.1, -0.05) is 0 Å². The fourth-order valence-electron chi connectivity index (χ4n) is 2.81. The maximum absolute atomic E-state index is 12.6. The van der Waals surface area contributed by atoms with Crippen LogP contribution in [0.4, 0.5) is 13.2 Å². The number of halogens is 3. The minimum absolute atomic E-state index is 0.133. The highest BCUT2D eigenvalue weighted by Gasteiger charge is 2.33. The van der Waals surface area contributed by atoms with Crippen LogP contribution in [0.2, 0.25) is 0 Å². The molecule has 0 spiro atoms. The summed E-state index contributed by atoms with van der Waals surface area (Å²) < 4.78 is 71.8. The van der Waals surface area contributed by atoms with Crippen molar-refractivity contribution >= 4 is 16.0 Å². The Bertz CT molecular complexity index is 796. The van der Waals surface area contributed by atoms with E-state index < -0.39 is 28.1 Å². The fraction of sp³-hybridized carbons (Fsp3) is 0.438. The molecule has 1 aromatic carbocycles. The van der Waals surface area contributed by atoms with Gasteiger partial charge in [0, 0.05) is 19.0 Å². The Kier molecular flexibility index (Phi) is 6.37. The van der Waals surface area contributed by atoms with E-state index in [2.05, 4.69) is 4.74 Å². The Balaban J connectivity index is 2.07. The van der Waals surface area contributed by atoms with Gasteiger partial charge in [-0.05, 0) is 37.1 Å². The van der Waals surface area contributed by atoms with Crippen LogP contribution < -0.4 is 4.74 Å². The van der Waals surface area contributed by atoms with Gasteiger partial charge in [0.1, 0.15) is 11.5 Å². The minimum Gasteiger partial charge on any atom is -0.501 e. The summed E-state index contributed by atoms with van der Waals surface area (Å²) in [6.07, 6.45) is -3.18. The molecule has 1 saturated heterocycles. The van der Waals surface area contributed by atoms with Crippen LogP contribution in [-0.2, 0) is 19.6 Å². The Morgan fingerprint density at radius 1 is 1.22 bits per heavy atom. The maximum Gasteiger partial charge on any atom is 0.573 e. The number of carboxylic acid groups (broad SMARTS) is 1. The molecular formula is C16H18F3NO6S. The van der Waals surface area contributed by atoms with Gasteiger partial charge >= 0.3 is 12.3 Å². The Hall–Kier alpha value is -2.27. The summed E-state index contributed by atoms with van der Waals surface area (Å²) in [7, 11) is -2.53. The number of hydrogen-bond donors (Lipinski definition) is 1. The number of alkyl halides is 3. The van der Waals surface area contributed by atoms with Crippen molar-refractivity contribution in [3.05, 3.63) is 36.1 Å². The molecule has 0 amide bonds. The number of rotatable bonds is 6. The van der Waals surface area contributed by atoms with Crippen molar-refractivity contribution in [1.29, 1.82) is 0 Å². The van der Waals surface area contributed by atoms with Crippen molar-refractivity contribution < 1.29 is 41.0 Å². The molecule has 27 heavy (non-hydrogen) atoms. The van der Waals surface area contributed by atoms with Gasteiger partial charge in [0.05, 0.1) is 18.1 Å².